The standard InChI is InChI=1S/C33H38N4O4/c1-40-30-13-11-25(12-14-30)21-36-22-28-7-2-3-10-31(28)41-18-6-8-27-23-37(33(39)24-36)17-15-26(27)19-32(38)35-20-29-9-4-5-16-34-29/h2-14,16,26-27H,15,17-24H2,1H3,(H,35,38)/b8-6-/t26-,27-/m0/s1. The second-order valence-corrected chi connectivity index (χ2v) is 10.7. The van der Waals surface area contributed by atoms with Crippen molar-refractivity contribution < 1.29 is 19.1 Å². The molecule has 2 aliphatic heterocycles. The summed E-state index contributed by atoms with van der Waals surface area (Å²) in [4.78, 5) is 34.9. The maximum absolute atomic E-state index is 13.7. The predicted molar refractivity (Wildman–Crippen MR) is 157 cm³/mol. The minimum absolute atomic E-state index is 0.00703. The van der Waals surface area contributed by atoms with Crippen molar-refractivity contribution in [3.8, 4) is 11.5 Å². The summed E-state index contributed by atoms with van der Waals surface area (Å²) in [6, 6.07) is 21.7. The maximum atomic E-state index is 13.7. The van der Waals surface area contributed by atoms with Crippen LogP contribution in [-0.2, 0) is 29.2 Å². The number of carbonyl (C=O) groups is 2. The van der Waals surface area contributed by atoms with E-state index in [0.29, 0.717) is 52.3 Å². The van der Waals surface area contributed by atoms with Crippen LogP contribution < -0.4 is 14.8 Å². The highest BCUT2D eigenvalue weighted by Crippen LogP contribution is 2.29. The average molecular weight is 555 g/mol. The highest BCUT2D eigenvalue weighted by molar-refractivity contribution is 5.79. The van der Waals surface area contributed by atoms with E-state index in [0.717, 1.165) is 34.7 Å². The fourth-order valence-electron chi connectivity index (χ4n) is 5.56. The van der Waals surface area contributed by atoms with Crippen LogP contribution in [0.4, 0.5) is 0 Å². The Balaban J connectivity index is 1.30. The topological polar surface area (TPSA) is 84.0 Å². The molecular weight excluding hydrogens is 516 g/mol. The van der Waals surface area contributed by atoms with Crippen LogP contribution in [0.15, 0.2) is 85.1 Å². The van der Waals surface area contributed by atoms with Crippen molar-refractivity contribution in [3.63, 3.8) is 0 Å². The van der Waals surface area contributed by atoms with Crippen molar-refractivity contribution in [2.45, 2.75) is 32.5 Å². The van der Waals surface area contributed by atoms with Gasteiger partial charge < -0.3 is 19.7 Å². The lowest BCUT2D eigenvalue weighted by Gasteiger charge is -2.38. The van der Waals surface area contributed by atoms with Gasteiger partial charge in [-0.25, -0.2) is 0 Å². The molecule has 2 aliphatic rings. The van der Waals surface area contributed by atoms with Crippen LogP contribution in [0.3, 0.4) is 0 Å². The first-order valence-corrected chi connectivity index (χ1v) is 14.2. The van der Waals surface area contributed by atoms with E-state index in [1.54, 1.807) is 13.3 Å². The van der Waals surface area contributed by atoms with E-state index in [9.17, 15) is 9.59 Å². The van der Waals surface area contributed by atoms with Crippen molar-refractivity contribution in [3.05, 3.63) is 102 Å². The van der Waals surface area contributed by atoms with Crippen molar-refractivity contribution in [1.82, 2.24) is 20.1 Å². The molecule has 41 heavy (non-hydrogen) atoms. The molecule has 3 heterocycles. The Morgan fingerprint density at radius 1 is 1.07 bits per heavy atom. The molecule has 5 rings (SSSR count). The minimum atomic E-state index is 0.00703. The Morgan fingerprint density at radius 3 is 2.71 bits per heavy atom. The van der Waals surface area contributed by atoms with E-state index in [2.05, 4.69) is 27.3 Å². The number of amides is 2. The van der Waals surface area contributed by atoms with E-state index in [1.165, 1.54) is 0 Å². The molecular formula is C33H38N4O4. The predicted octanol–water partition coefficient (Wildman–Crippen LogP) is 4.21. The monoisotopic (exact) mass is 554 g/mol. The molecule has 0 unspecified atom stereocenters. The first kappa shape index (κ1) is 28.4. The van der Waals surface area contributed by atoms with Crippen molar-refractivity contribution in [2.24, 2.45) is 11.8 Å². The molecule has 2 aromatic carbocycles. The van der Waals surface area contributed by atoms with Crippen LogP contribution in [0.25, 0.3) is 0 Å². The molecule has 0 saturated carbocycles. The molecule has 2 bridgehead atoms. The Bertz CT molecular complexity index is 1330. The number of hydrogen-bond acceptors (Lipinski definition) is 6. The van der Waals surface area contributed by atoms with Gasteiger partial charge >= 0.3 is 0 Å². The number of carbonyl (C=O) groups excluding carboxylic acids is 2. The number of aromatic nitrogens is 1. The van der Waals surface area contributed by atoms with Gasteiger partial charge in [0.15, 0.2) is 0 Å². The van der Waals surface area contributed by atoms with Crippen LogP contribution in [0, 0.1) is 11.8 Å². The van der Waals surface area contributed by atoms with Gasteiger partial charge in [0.1, 0.15) is 18.1 Å². The zero-order valence-electron chi connectivity index (χ0n) is 23.6. The molecule has 2 amide bonds. The number of hydrogen-bond donors (Lipinski definition) is 1. The molecule has 1 saturated heterocycles. The zero-order chi connectivity index (χ0) is 28.4. The summed E-state index contributed by atoms with van der Waals surface area (Å²) in [5.74, 6) is 1.95. The van der Waals surface area contributed by atoms with Crippen LogP contribution in [0.5, 0.6) is 11.5 Å². The minimum Gasteiger partial charge on any atom is -0.497 e. The lowest BCUT2D eigenvalue weighted by Crippen LogP contribution is -2.47. The van der Waals surface area contributed by atoms with Gasteiger partial charge in [0.25, 0.3) is 0 Å². The van der Waals surface area contributed by atoms with Crippen molar-refractivity contribution >= 4 is 11.8 Å². The number of benzene rings is 2. The molecule has 8 nitrogen and oxygen atoms in total. The number of rotatable bonds is 7. The van der Waals surface area contributed by atoms with Crippen molar-refractivity contribution in [1.29, 1.82) is 0 Å². The fraction of sp³-hybridized carbons (Fsp3) is 0.364. The van der Waals surface area contributed by atoms with E-state index >= 15 is 0 Å². The lowest BCUT2D eigenvalue weighted by molar-refractivity contribution is -0.135. The summed E-state index contributed by atoms with van der Waals surface area (Å²) in [5.41, 5.74) is 2.98. The largest absolute Gasteiger partial charge is 0.497 e. The quantitative estimate of drug-likeness (QED) is 0.441. The number of fused-ring (bicyclic) bond motifs is 3. The molecule has 0 spiro atoms. The summed E-state index contributed by atoms with van der Waals surface area (Å²) < 4.78 is 11.5. The summed E-state index contributed by atoms with van der Waals surface area (Å²) in [6.45, 7) is 3.59. The fourth-order valence-corrected chi connectivity index (χ4v) is 5.56. The van der Waals surface area contributed by atoms with E-state index < -0.39 is 0 Å². The third-order valence-electron chi connectivity index (χ3n) is 7.81. The van der Waals surface area contributed by atoms with Crippen LogP contribution in [0.2, 0.25) is 0 Å². The summed E-state index contributed by atoms with van der Waals surface area (Å²) in [5, 5.41) is 3.01. The van der Waals surface area contributed by atoms with Crippen molar-refractivity contribution in [2.75, 3.05) is 33.4 Å². The SMILES string of the molecule is COc1ccc(CN2CC(=O)N3CC[C@@H](CC(=O)NCc4ccccn4)[C@@H](/C=C\COc4ccccc4C2)C3)cc1. The molecule has 214 valence electrons. The molecule has 8 heteroatoms. The molecule has 0 radical (unpaired) electrons. The van der Waals surface area contributed by atoms with Gasteiger partial charge in [-0.2, -0.15) is 0 Å². The Morgan fingerprint density at radius 2 is 1.90 bits per heavy atom. The third-order valence-corrected chi connectivity index (χ3v) is 7.81. The van der Waals surface area contributed by atoms with Gasteiger partial charge in [-0.15, -0.1) is 0 Å². The number of ether oxygens (including phenoxy) is 2. The third kappa shape index (κ3) is 7.95. The number of methoxy groups -OCH3 is 1. The number of para-hydroxylation sites is 1. The average Bonchev–Trinajstić information content (AvgIpc) is 3.01. The summed E-state index contributed by atoms with van der Waals surface area (Å²) in [7, 11) is 1.66. The Kier molecular flexibility index (Phi) is 9.65. The molecule has 0 aliphatic carbocycles. The highest BCUT2D eigenvalue weighted by Gasteiger charge is 2.32. The maximum Gasteiger partial charge on any atom is 0.236 e. The molecule has 1 N–H and O–H groups in total. The first-order valence-electron chi connectivity index (χ1n) is 14.2. The summed E-state index contributed by atoms with van der Waals surface area (Å²) in [6.07, 6.45) is 7.08. The van der Waals surface area contributed by atoms with Gasteiger partial charge in [-0.05, 0) is 54.2 Å². The van der Waals surface area contributed by atoms with Crippen LogP contribution >= 0.6 is 0 Å². The second-order valence-electron chi connectivity index (χ2n) is 10.7. The molecule has 2 atom stereocenters. The molecule has 3 aromatic rings. The zero-order valence-corrected chi connectivity index (χ0v) is 23.6. The van der Waals surface area contributed by atoms with Gasteiger partial charge in [0.2, 0.25) is 11.8 Å². The van der Waals surface area contributed by atoms with Crippen LogP contribution in [0.1, 0.15) is 29.7 Å². The highest BCUT2D eigenvalue weighted by atomic mass is 16.5. The Labute approximate surface area is 242 Å². The smallest absolute Gasteiger partial charge is 0.236 e. The molecule has 1 aromatic heterocycles. The number of nitrogens with one attached hydrogen (secondary N) is 1. The number of piperidine rings is 1. The second kappa shape index (κ2) is 13.9. The van der Waals surface area contributed by atoms with Crippen LogP contribution in [-0.4, -0.2) is 59.9 Å². The number of pyridine rings is 1. The lowest BCUT2D eigenvalue weighted by atomic mass is 9.82. The van der Waals surface area contributed by atoms with Gasteiger partial charge in [-0.3, -0.25) is 19.5 Å². The van der Waals surface area contributed by atoms with Gasteiger partial charge in [-0.1, -0.05) is 48.6 Å². The number of nitrogens with zero attached hydrogens (tertiary/aromatic N) is 3. The first-order chi connectivity index (χ1) is 20.1. The Hall–Kier alpha value is -4.17. The van der Waals surface area contributed by atoms with E-state index in [-0.39, 0.29) is 23.7 Å². The van der Waals surface area contributed by atoms with E-state index in [4.69, 9.17) is 9.47 Å². The van der Waals surface area contributed by atoms with Gasteiger partial charge in [0, 0.05) is 44.4 Å². The van der Waals surface area contributed by atoms with E-state index in [1.807, 2.05) is 71.6 Å². The summed E-state index contributed by atoms with van der Waals surface area (Å²) >= 11 is 0. The molecule has 1 fully saturated rings. The van der Waals surface area contributed by atoms with Gasteiger partial charge in [0.05, 0.1) is 25.9 Å². The normalized spacial score (nSPS) is 20.4.